The van der Waals surface area contributed by atoms with E-state index in [1.54, 1.807) is 35.3 Å². The van der Waals surface area contributed by atoms with Crippen molar-refractivity contribution >= 4 is 5.91 Å². The van der Waals surface area contributed by atoms with Gasteiger partial charge in [0.1, 0.15) is 23.7 Å². The number of ether oxygens (including phenoxy) is 1. The highest BCUT2D eigenvalue weighted by atomic mass is 16.5. The molecule has 2 aromatic rings. The van der Waals surface area contributed by atoms with Gasteiger partial charge in [-0.05, 0) is 44.9 Å². The van der Waals surface area contributed by atoms with Crippen LogP contribution < -0.4 is 10.1 Å². The molecule has 3 rings (SSSR count). The lowest BCUT2D eigenvalue weighted by Crippen LogP contribution is -2.44. The number of carbonyl (C=O) groups is 1. The van der Waals surface area contributed by atoms with Gasteiger partial charge in [0.2, 0.25) is 0 Å². The largest absolute Gasteiger partial charge is 0.486 e. The Labute approximate surface area is 140 Å². The number of aliphatic hydroxyl groups excluding tert-OH is 1. The van der Waals surface area contributed by atoms with Crippen LogP contribution in [-0.2, 0) is 6.54 Å². The van der Waals surface area contributed by atoms with Crippen molar-refractivity contribution in [3.63, 3.8) is 0 Å². The molecule has 24 heavy (non-hydrogen) atoms. The molecule has 0 unspecified atom stereocenters. The number of rotatable bonds is 5. The molecule has 0 aromatic carbocycles. The number of aliphatic hydroxyl groups is 1. The summed E-state index contributed by atoms with van der Waals surface area (Å²) in [6.45, 7) is 4.60. The molecule has 0 spiro atoms. The predicted molar refractivity (Wildman–Crippen MR) is 87.8 cm³/mol. The van der Waals surface area contributed by atoms with Gasteiger partial charge in [-0.15, -0.1) is 0 Å². The number of hydrogen-bond acceptors (Lipinski definition) is 5. The number of amides is 1. The third-order valence-corrected chi connectivity index (χ3v) is 4.31. The third kappa shape index (κ3) is 3.41. The zero-order valence-corrected chi connectivity index (χ0v) is 13.8. The van der Waals surface area contributed by atoms with E-state index in [-0.39, 0.29) is 18.1 Å². The molecule has 1 amide bonds. The van der Waals surface area contributed by atoms with E-state index in [2.05, 4.69) is 15.4 Å². The molecule has 128 valence electrons. The fourth-order valence-corrected chi connectivity index (χ4v) is 3.01. The quantitative estimate of drug-likeness (QED) is 0.863. The molecule has 2 aromatic heterocycles. The van der Waals surface area contributed by atoms with E-state index >= 15 is 0 Å². The Morgan fingerprint density at radius 1 is 1.50 bits per heavy atom. The highest BCUT2D eigenvalue weighted by molar-refractivity contribution is 5.92. The van der Waals surface area contributed by atoms with Gasteiger partial charge in [0.15, 0.2) is 0 Å². The molecule has 7 heteroatoms. The van der Waals surface area contributed by atoms with Crippen LogP contribution in [0.1, 0.15) is 35.9 Å². The molecule has 0 saturated heterocycles. The average molecular weight is 330 g/mol. The molecular formula is C17H22N4O3. The van der Waals surface area contributed by atoms with E-state index in [4.69, 9.17) is 4.74 Å². The summed E-state index contributed by atoms with van der Waals surface area (Å²) in [6, 6.07) is 4.99. The van der Waals surface area contributed by atoms with Gasteiger partial charge in [0.25, 0.3) is 5.91 Å². The van der Waals surface area contributed by atoms with Crippen molar-refractivity contribution in [3.05, 3.63) is 42.0 Å². The smallest absolute Gasteiger partial charge is 0.272 e. The normalized spacial score (nSPS) is 23.2. The van der Waals surface area contributed by atoms with Crippen molar-refractivity contribution in [1.82, 2.24) is 20.1 Å². The van der Waals surface area contributed by atoms with E-state index in [1.165, 1.54) is 0 Å². The highest BCUT2D eigenvalue weighted by Gasteiger charge is 2.37. The summed E-state index contributed by atoms with van der Waals surface area (Å²) in [6.07, 6.45) is 3.49. The van der Waals surface area contributed by atoms with Gasteiger partial charge in [-0.25, -0.2) is 0 Å². The number of nitrogens with one attached hydrogen (secondary N) is 1. The van der Waals surface area contributed by atoms with Gasteiger partial charge in [-0.2, -0.15) is 5.10 Å². The van der Waals surface area contributed by atoms with Crippen molar-refractivity contribution in [2.75, 3.05) is 0 Å². The summed E-state index contributed by atoms with van der Waals surface area (Å²) < 4.78 is 7.53. The summed E-state index contributed by atoms with van der Waals surface area (Å²) in [5.74, 6) is 0.349. The first kappa shape index (κ1) is 16.4. The van der Waals surface area contributed by atoms with Gasteiger partial charge in [-0.3, -0.25) is 14.5 Å². The molecule has 0 radical (unpaired) electrons. The van der Waals surface area contributed by atoms with Crippen molar-refractivity contribution in [3.8, 4) is 5.75 Å². The van der Waals surface area contributed by atoms with Crippen molar-refractivity contribution in [2.45, 2.75) is 51.5 Å². The maximum atomic E-state index is 12.3. The fourth-order valence-electron chi connectivity index (χ4n) is 3.01. The number of carbonyl (C=O) groups excluding carboxylic acids is 1. The van der Waals surface area contributed by atoms with Crippen LogP contribution in [0.15, 0.2) is 30.6 Å². The number of aryl methyl sites for hydroxylation is 2. The van der Waals surface area contributed by atoms with Gasteiger partial charge in [0.05, 0.1) is 12.2 Å². The molecule has 1 fully saturated rings. The lowest BCUT2D eigenvalue weighted by atomic mass is 10.2. The number of aromatic nitrogens is 3. The average Bonchev–Trinajstić information content (AvgIpc) is 3.13. The second-order valence-electron chi connectivity index (χ2n) is 5.98. The zero-order chi connectivity index (χ0) is 17.1. The minimum absolute atomic E-state index is 0.267. The highest BCUT2D eigenvalue weighted by Crippen LogP contribution is 2.25. The fraction of sp³-hybridized carbons (Fsp3) is 0.471. The molecular weight excluding hydrogens is 308 g/mol. The van der Waals surface area contributed by atoms with Gasteiger partial charge >= 0.3 is 0 Å². The Morgan fingerprint density at radius 2 is 2.33 bits per heavy atom. The third-order valence-electron chi connectivity index (χ3n) is 4.31. The second kappa shape index (κ2) is 7.00. The second-order valence-corrected chi connectivity index (χ2v) is 5.98. The van der Waals surface area contributed by atoms with Crippen molar-refractivity contribution in [2.24, 2.45) is 0 Å². The molecule has 2 heterocycles. The van der Waals surface area contributed by atoms with Crippen LogP contribution in [0.25, 0.3) is 0 Å². The lowest BCUT2D eigenvalue weighted by Gasteiger charge is -2.21. The SMILES string of the molecule is CCn1nc(C(=O)N[C@@H]2CC[C@@H](Oc3cccnc3)[C@@H]2O)cc1C. The molecule has 0 aliphatic heterocycles. The van der Waals surface area contributed by atoms with Crippen molar-refractivity contribution in [1.29, 1.82) is 0 Å². The molecule has 1 aliphatic carbocycles. The Hall–Kier alpha value is -2.41. The topological polar surface area (TPSA) is 89.3 Å². The van der Waals surface area contributed by atoms with Crippen molar-refractivity contribution < 1.29 is 14.6 Å². The van der Waals surface area contributed by atoms with Gasteiger partial charge < -0.3 is 15.2 Å². The summed E-state index contributed by atoms with van der Waals surface area (Å²) in [5, 5.41) is 17.6. The predicted octanol–water partition coefficient (Wildman–Crippen LogP) is 1.31. The first-order chi connectivity index (χ1) is 11.6. The lowest BCUT2D eigenvalue weighted by molar-refractivity contribution is 0.0432. The Bertz CT molecular complexity index is 701. The van der Waals surface area contributed by atoms with Gasteiger partial charge in [-0.1, -0.05) is 0 Å². The molecule has 0 bridgehead atoms. The first-order valence-corrected chi connectivity index (χ1v) is 8.18. The van der Waals surface area contributed by atoms with E-state index < -0.39 is 6.10 Å². The minimum Gasteiger partial charge on any atom is -0.486 e. The summed E-state index contributed by atoms with van der Waals surface area (Å²) >= 11 is 0. The van der Waals surface area contributed by atoms with Crippen LogP contribution in [0, 0.1) is 6.92 Å². The number of hydrogen-bond donors (Lipinski definition) is 2. The summed E-state index contributed by atoms with van der Waals surface area (Å²) in [4.78, 5) is 16.3. The molecule has 7 nitrogen and oxygen atoms in total. The van der Waals surface area contributed by atoms with Crippen LogP contribution in [0.2, 0.25) is 0 Å². The van der Waals surface area contributed by atoms with E-state index in [1.807, 2.05) is 13.8 Å². The molecule has 1 aliphatic rings. The Balaban J connectivity index is 1.60. The summed E-state index contributed by atoms with van der Waals surface area (Å²) in [7, 11) is 0. The van der Waals surface area contributed by atoms with E-state index in [0.717, 1.165) is 5.69 Å². The van der Waals surface area contributed by atoms with E-state index in [9.17, 15) is 9.90 Å². The van der Waals surface area contributed by atoms with Crippen LogP contribution in [0.4, 0.5) is 0 Å². The minimum atomic E-state index is -0.761. The standard InChI is InChI=1S/C17H22N4O3/c1-3-21-11(2)9-14(20-21)17(23)19-13-6-7-15(16(13)22)24-12-5-4-8-18-10-12/h4-5,8-10,13,15-16,22H,3,6-7H2,1-2H3,(H,19,23)/t13-,15-,16-/m1/s1. The zero-order valence-electron chi connectivity index (χ0n) is 13.8. The van der Waals surface area contributed by atoms with Crippen LogP contribution in [0.3, 0.4) is 0 Å². The number of pyridine rings is 1. The maximum absolute atomic E-state index is 12.3. The number of nitrogens with zero attached hydrogens (tertiary/aromatic N) is 3. The van der Waals surface area contributed by atoms with Crippen LogP contribution >= 0.6 is 0 Å². The van der Waals surface area contributed by atoms with Crippen LogP contribution in [0.5, 0.6) is 5.75 Å². The Morgan fingerprint density at radius 3 is 3.00 bits per heavy atom. The first-order valence-electron chi connectivity index (χ1n) is 8.18. The summed E-state index contributed by atoms with van der Waals surface area (Å²) in [5.41, 5.74) is 1.31. The Kier molecular flexibility index (Phi) is 4.80. The maximum Gasteiger partial charge on any atom is 0.272 e. The molecule has 3 atom stereocenters. The van der Waals surface area contributed by atoms with Crippen LogP contribution in [-0.4, -0.2) is 44.0 Å². The molecule has 2 N–H and O–H groups in total. The van der Waals surface area contributed by atoms with Gasteiger partial charge in [0, 0.05) is 18.4 Å². The van der Waals surface area contributed by atoms with E-state index in [0.29, 0.717) is 30.8 Å². The monoisotopic (exact) mass is 330 g/mol. The molecule has 1 saturated carbocycles.